The summed E-state index contributed by atoms with van der Waals surface area (Å²) in [5.41, 5.74) is 8.21. The molecule has 1 rings (SSSR count). The number of rotatable bonds is 10. The number of ether oxygens (including phenoxy) is 1. The van der Waals surface area contributed by atoms with E-state index in [-0.39, 0.29) is 0 Å². The molecular formula is C17H30N2O. The second kappa shape index (κ2) is 9.51. The fourth-order valence-electron chi connectivity index (χ4n) is 2.20. The molecule has 0 unspecified atom stereocenters. The molecule has 0 radical (unpaired) electrons. The average molecular weight is 278 g/mol. The van der Waals surface area contributed by atoms with Crippen LogP contribution in [0.5, 0.6) is 5.75 Å². The quantitative estimate of drug-likeness (QED) is 0.642. The van der Waals surface area contributed by atoms with Crippen LogP contribution in [0.3, 0.4) is 0 Å². The summed E-state index contributed by atoms with van der Waals surface area (Å²) in [6.07, 6.45) is 5.80. The Labute approximate surface area is 124 Å². The number of nitrogens with two attached hydrogens (primary N) is 1. The third-order valence-electron chi connectivity index (χ3n) is 3.41. The topological polar surface area (TPSA) is 38.5 Å². The van der Waals surface area contributed by atoms with Crippen molar-refractivity contribution < 1.29 is 4.74 Å². The number of hydrogen-bond acceptors (Lipinski definition) is 3. The average Bonchev–Trinajstić information content (AvgIpc) is 2.47. The fraction of sp³-hybridized carbons (Fsp3) is 0.647. The van der Waals surface area contributed by atoms with Crippen molar-refractivity contribution >= 4 is 11.4 Å². The molecule has 0 aliphatic heterocycles. The van der Waals surface area contributed by atoms with Crippen LogP contribution in [0, 0.1) is 0 Å². The Balaban J connectivity index is 2.87. The Morgan fingerprint density at radius 1 is 1.00 bits per heavy atom. The lowest BCUT2D eigenvalue weighted by Crippen LogP contribution is -2.26. The van der Waals surface area contributed by atoms with Gasteiger partial charge >= 0.3 is 0 Å². The minimum absolute atomic E-state index is 0.720. The van der Waals surface area contributed by atoms with Crippen LogP contribution in [-0.4, -0.2) is 19.7 Å². The van der Waals surface area contributed by atoms with E-state index >= 15 is 0 Å². The lowest BCUT2D eigenvalue weighted by molar-refractivity contribution is 0.319. The van der Waals surface area contributed by atoms with Gasteiger partial charge in [-0.25, -0.2) is 0 Å². The van der Waals surface area contributed by atoms with Crippen molar-refractivity contribution in [1.82, 2.24) is 0 Å². The zero-order valence-electron chi connectivity index (χ0n) is 13.3. The molecule has 114 valence electrons. The Hall–Kier alpha value is -1.38. The highest BCUT2D eigenvalue weighted by atomic mass is 16.5. The molecular weight excluding hydrogens is 248 g/mol. The van der Waals surface area contributed by atoms with Crippen LogP contribution < -0.4 is 15.4 Å². The van der Waals surface area contributed by atoms with Crippen molar-refractivity contribution in [2.45, 2.75) is 52.9 Å². The Bertz CT molecular complexity index is 371. The van der Waals surface area contributed by atoms with E-state index in [1.807, 2.05) is 12.1 Å². The smallest absolute Gasteiger partial charge is 0.144 e. The maximum atomic E-state index is 6.30. The molecule has 0 amide bonds. The van der Waals surface area contributed by atoms with Crippen LogP contribution in [0.15, 0.2) is 18.2 Å². The molecule has 2 N–H and O–H groups in total. The first-order chi connectivity index (χ1) is 9.74. The van der Waals surface area contributed by atoms with E-state index in [2.05, 4.69) is 31.7 Å². The molecule has 0 fully saturated rings. The molecule has 0 spiro atoms. The molecule has 1 aromatic rings. The summed E-state index contributed by atoms with van der Waals surface area (Å²) in [7, 11) is 0. The molecule has 3 heteroatoms. The van der Waals surface area contributed by atoms with Gasteiger partial charge in [0.1, 0.15) is 5.75 Å². The number of benzene rings is 1. The van der Waals surface area contributed by atoms with Crippen LogP contribution >= 0.6 is 0 Å². The van der Waals surface area contributed by atoms with Crippen molar-refractivity contribution in [1.29, 1.82) is 0 Å². The molecule has 0 atom stereocenters. The normalized spacial score (nSPS) is 10.6. The van der Waals surface area contributed by atoms with Crippen LogP contribution in [-0.2, 0) is 0 Å². The van der Waals surface area contributed by atoms with Gasteiger partial charge in [-0.05, 0) is 31.4 Å². The number of anilines is 2. The van der Waals surface area contributed by atoms with Gasteiger partial charge in [0, 0.05) is 13.1 Å². The van der Waals surface area contributed by atoms with E-state index in [4.69, 9.17) is 10.5 Å². The maximum Gasteiger partial charge on any atom is 0.144 e. The van der Waals surface area contributed by atoms with E-state index in [0.717, 1.165) is 43.2 Å². The van der Waals surface area contributed by atoms with Gasteiger partial charge in [0.05, 0.1) is 18.0 Å². The van der Waals surface area contributed by atoms with Crippen molar-refractivity contribution in [3.8, 4) is 5.75 Å². The second-order valence-corrected chi connectivity index (χ2v) is 5.23. The minimum Gasteiger partial charge on any atom is -0.491 e. The number of nitrogen functional groups attached to an aromatic ring is 1. The molecule has 0 aromatic heterocycles. The van der Waals surface area contributed by atoms with Gasteiger partial charge in [0.15, 0.2) is 0 Å². The van der Waals surface area contributed by atoms with Gasteiger partial charge in [0.25, 0.3) is 0 Å². The van der Waals surface area contributed by atoms with E-state index in [1.54, 1.807) is 0 Å². The van der Waals surface area contributed by atoms with Crippen molar-refractivity contribution in [2.24, 2.45) is 0 Å². The molecule has 3 nitrogen and oxygen atoms in total. The van der Waals surface area contributed by atoms with Gasteiger partial charge in [0.2, 0.25) is 0 Å². The second-order valence-electron chi connectivity index (χ2n) is 5.23. The number of para-hydroxylation sites is 1. The van der Waals surface area contributed by atoms with Crippen LogP contribution in [0.4, 0.5) is 11.4 Å². The summed E-state index contributed by atoms with van der Waals surface area (Å²) >= 11 is 0. The van der Waals surface area contributed by atoms with Crippen LogP contribution in [0.25, 0.3) is 0 Å². The van der Waals surface area contributed by atoms with E-state index in [0.29, 0.717) is 0 Å². The highest BCUT2D eigenvalue weighted by Crippen LogP contribution is 2.32. The lowest BCUT2D eigenvalue weighted by Gasteiger charge is -2.27. The van der Waals surface area contributed by atoms with Crippen LogP contribution in [0.1, 0.15) is 52.9 Å². The Kier molecular flexibility index (Phi) is 7.93. The summed E-state index contributed by atoms with van der Waals surface area (Å²) in [6, 6.07) is 6.12. The highest BCUT2D eigenvalue weighted by molar-refractivity contribution is 5.74. The third kappa shape index (κ3) is 4.95. The lowest BCUT2D eigenvalue weighted by atomic mass is 10.2. The zero-order chi connectivity index (χ0) is 14.8. The summed E-state index contributed by atoms with van der Waals surface area (Å²) in [6.45, 7) is 9.41. The maximum absolute atomic E-state index is 6.30. The standard InChI is InChI=1S/C17H30N2O/c1-4-7-12-19(13-8-5-2)15-10-9-11-16(17(15)18)20-14-6-3/h9-11H,4-8,12-14,18H2,1-3H3. The third-order valence-corrected chi connectivity index (χ3v) is 3.41. The predicted octanol–water partition coefficient (Wildman–Crippen LogP) is 4.46. The van der Waals surface area contributed by atoms with Gasteiger partial charge in [-0.1, -0.05) is 39.7 Å². The summed E-state index contributed by atoms with van der Waals surface area (Å²) in [4.78, 5) is 2.40. The first-order valence-electron chi connectivity index (χ1n) is 8.00. The first-order valence-corrected chi connectivity index (χ1v) is 8.00. The Morgan fingerprint density at radius 3 is 2.20 bits per heavy atom. The zero-order valence-corrected chi connectivity index (χ0v) is 13.3. The van der Waals surface area contributed by atoms with Gasteiger partial charge in [-0.15, -0.1) is 0 Å². The number of hydrogen-bond donors (Lipinski definition) is 1. The van der Waals surface area contributed by atoms with Gasteiger partial charge < -0.3 is 15.4 Å². The Morgan fingerprint density at radius 2 is 1.65 bits per heavy atom. The van der Waals surface area contributed by atoms with Crippen molar-refractivity contribution in [3.63, 3.8) is 0 Å². The summed E-state index contributed by atoms with van der Waals surface area (Å²) < 4.78 is 5.73. The van der Waals surface area contributed by atoms with Crippen LogP contribution in [0.2, 0.25) is 0 Å². The largest absolute Gasteiger partial charge is 0.491 e. The molecule has 0 saturated carbocycles. The highest BCUT2D eigenvalue weighted by Gasteiger charge is 2.12. The van der Waals surface area contributed by atoms with Crippen molar-refractivity contribution in [2.75, 3.05) is 30.3 Å². The fourth-order valence-corrected chi connectivity index (χ4v) is 2.20. The summed E-state index contributed by atoms with van der Waals surface area (Å²) in [5.74, 6) is 0.822. The molecule has 0 saturated heterocycles. The molecule has 0 bridgehead atoms. The molecule has 0 heterocycles. The van der Waals surface area contributed by atoms with E-state index in [9.17, 15) is 0 Å². The number of unbranched alkanes of at least 4 members (excludes halogenated alkanes) is 2. The van der Waals surface area contributed by atoms with E-state index in [1.165, 1.54) is 25.7 Å². The monoisotopic (exact) mass is 278 g/mol. The molecule has 0 aliphatic carbocycles. The van der Waals surface area contributed by atoms with Gasteiger partial charge in [-0.2, -0.15) is 0 Å². The minimum atomic E-state index is 0.720. The summed E-state index contributed by atoms with van der Waals surface area (Å²) in [5, 5.41) is 0. The first kappa shape index (κ1) is 16.7. The molecule has 20 heavy (non-hydrogen) atoms. The van der Waals surface area contributed by atoms with E-state index < -0.39 is 0 Å². The SMILES string of the molecule is CCCCN(CCCC)c1cccc(OCCC)c1N. The van der Waals surface area contributed by atoms with Gasteiger partial charge in [-0.3, -0.25) is 0 Å². The van der Waals surface area contributed by atoms with Crippen molar-refractivity contribution in [3.05, 3.63) is 18.2 Å². The predicted molar refractivity (Wildman–Crippen MR) is 88.7 cm³/mol. The number of nitrogens with zero attached hydrogens (tertiary/aromatic N) is 1. The molecule has 0 aliphatic rings. The molecule has 1 aromatic carbocycles.